The van der Waals surface area contributed by atoms with Gasteiger partial charge in [0.05, 0.1) is 0 Å². The van der Waals surface area contributed by atoms with Crippen LogP contribution in [0, 0.1) is 5.82 Å². The van der Waals surface area contributed by atoms with Gasteiger partial charge in [0.25, 0.3) is 0 Å². The van der Waals surface area contributed by atoms with Gasteiger partial charge in [-0.05, 0) is 56.8 Å². The highest BCUT2D eigenvalue weighted by molar-refractivity contribution is 5.19. The first-order valence-corrected chi connectivity index (χ1v) is 7.80. The van der Waals surface area contributed by atoms with Crippen LogP contribution in [0.25, 0.3) is 0 Å². The van der Waals surface area contributed by atoms with Crippen molar-refractivity contribution in [2.45, 2.75) is 57.5 Å². The number of nitrogens with two attached hydrogens (primary N) is 1. The molecular formula is C17H27FN2. The summed E-state index contributed by atoms with van der Waals surface area (Å²) >= 11 is 0. The largest absolute Gasteiger partial charge is 0.329 e. The van der Waals surface area contributed by atoms with Gasteiger partial charge in [0.2, 0.25) is 0 Å². The summed E-state index contributed by atoms with van der Waals surface area (Å²) in [4.78, 5) is 2.57. The minimum absolute atomic E-state index is 0.0653. The average Bonchev–Trinajstić information content (AvgIpc) is 3.23. The maximum absolute atomic E-state index is 13.4. The van der Waals surface area contributed by atoms with E-state index in [4.69, 9.17) is 5.73 Å². The summed E-state index contributed by atoms with van der Waals surface area (Å²) in [5, 5.41) is 0. The molecule has 0 radical (unpaired) electrons. The summed E-state index contributed by atoms with van der Waals surface area (Å²) in [5.41, 5.74) is 7.07. The molecule has 1 atom stereocenters. The lowest BCUT2D eigenvalue weighted by atomic mass is 9.90. The van der Waals surface area contributed by atoms with Gasteiger partial charge in [-0.25, -0.2) is 4.39 Å². The third-order valence-electron chi connectivity index (χ3n) is 4.35. The molecule has 0 bridgehead atoms. The molecule has 2 N–H and O–H groups in total. The molecule has 2 rings (SSSR count). The standard InChI is InChI=1S/C17H27FN2/c1-3-4-10-20(16-8-9-16)17(2,13-19)12-14-6-5-7-15(18)11-14/h5-7,11,16H,3-4,8-10,12-13,19H2,1-2H3. The smallest absolute Gasteiger partial charge is 0.123 e. The summed E-state index contributed by atoms with van der Waals surface area (Å²) in [5.74, 6) is -0.159. The Kier molecular flexibility index (Phi) is 5.17. The molecule has 0 spiro atoms. The fraction of sp³-hybridized carbons (Fsp3) is 0.647. The maximum Gasteiger partial charge on any atom is 0.123 e. The van der Waals surface area contributed by atoms with Crippen molar-refractivity contribution in [3.8, 4) is 0 Å². The van der Waals surface area contributed by atoms with Gasteiger partial charge >= 0.3 is 0 Å². The summed E-state index contributed by atoms with van der Waals surface area (Å²) in [6.45, 7) is 6.16. The molecule has 1 aromatic carbocycles. The quantitative estimate of drug-likeness (QED) is 0.790. The number of nitrogens with zero attached hydrogens (tertiary/aromatic N) is 1. The van der Waals surface area contributed by atoms with Gasteiger partial charge in [-0.3, -0.25) is 4.90 Å². The molecule has 1 saturated carbocycles. The molecule has 0 amide bonds. The van der Waals surface area contributed by atoms with Crippen LogP contribution in [0.15, 0.2) is 24.3 Å². The molecule has 0 aromatic heterocycles. The van der Waals surface area contributed by atoms with Crippen molar-refractivity contribution in [1.29, 1.82) is 0 Å². The zero-order valence-electron chi connectivity index (χ0n) is 12.7. The van der Waals surface area contributed by atoms with E-state index in [0.29, 0.717) is 12.6 Å². The van der Waals surface area contributed by atoms with Gasteiger partial charge < -0.3 is 5.73 Å². The lowest BCUT2D eigenvalue weighted by Gasteiger charge is -2.41. The van der Waals surface area contributed by atoms with E-state index < -0.39 is 0 Å². The fourth-order valence-corrected chi connectivity index (χ4v) is 2.99. The first-order chi connectivity index (χ1) is 9.59. The minimum Gasteiger partial charge on any atom is -0.329 e. The Labute approximate surface area is 122 Å². The van der Waals surface area contributed by atoms with E-state index in [2.05, 4.69) is 18.7 Å². The first kappa shape index (κ1) is 15.5. The number of halogens is 1. The van der Waals surface area contributed by atoms with Crippen LogP contribution in [0.1, 0.15) is 45.1 Å². The molecule has 3 heteroatoms. The van der Waals surface area contributed by atoms with Crippen LogP contribution in [0.2, 0.25) is 0 Å². The summed E-state index contributed by atoms with van der Waals surface area (Å²) < 4.78 is 13.4. The molecule has 0 aliphatic heterocycles. The predicted molar refractivity (Wildman–Crippen MR) is 82.2 cm³/mol. The Morgan fingerprint density at radius 1 is 1.40 bits per heavy atom. The average molecular weight is 278 g/mol. The van der Waals surface area contributed by atoms with E-state index in [9.17, 15) is 4.39 Å². The molecule has 2 nitrogen and oxygen atoms in total. The van der Waals surface area contributed by atoms with Crippen LogP contribution in [0.4, 0.5) is 4.39 Å². The molecule has 1 aliphatic carbocycles. The number of unbranched alkanes of at least 4 members (excludes halogenated alkanes) is 1. The van der Waals surface area contributed by atoms with Crippen molar-refractivity contribution in [1.82, 2.24) is 4.90 Å². The molecule has 0 heterocycles. The lowest BCUT2D eigenvalue weighted by molar-refractivity contribution is 0.0984. The highest BCUT2D eigenvalue weighted by atomic mass is 19.1. The summed E-state index contributed by atoms with van der Waals surface area (Å²) in [6.07, 6.45) is 5.78. The Morgan fingerprint density at radius 3 is 2.70 bits per heavy atom. The third kappa shape index (κ3) is 3.80. The zero-order chi connectivity index (χ0) is 14.6. The second-order valence-corrected chi connectivity index (χ2v) is 6.29. The van der Waals surface area contributed by atoms with Gasteiger partial charge in [0, 0.05) is 18.1 Å². The van der Waals surface area contributed by atoms with Crippen LogP contribution in [0.5, 0.6) is 0 Å². The third-order valence-corrected chi connectivity index (χ3v) is 4.35. The van der Waals surface area contributed by atoms with Crippen molar-refractivity contribution >= 4 is 0 Å². The van der Waals surface area contributed by atoms with Gasteiger partial charge in [-0.15, -0.1) is 0 Å². The number of hydrogen-bond donors (Lipinski definition) is 1. The van der Waals surface area contributed by atoms with E-state index >= 15 is 0 Å². The number of benzene rings is 1. The van der Waals surface area contributed by atoms with Crippen LogP contribution in [0.3, 0.4) is 0 Å². The van der Waals surface area contributed by atoms with Gasteiger partial charge in [-0.1, -0.05) is 25.5 Å². The normalized spacial score (nSPS) is 18.2. The van der Waals surface area contributed by atoms with E-state index in [-0.39, 0.29) is 11.4 Å². The van der Waals surface area contributed by atoms with Gasteiger partial charge in [0.1, 0.15) is 5.82 Å². The van der Waals surface area contributed by atoms with Crippen molar-refractivity contribution < 1.29 is 4.39 Å². The molecule has 1 fully saturated rings. The Hall–Kier alpha value is -0.930. The summed E-state index contributed by atoms with van der Waals surface area (Å²) in [7, 11) is 0. The van der Waals surface area contributed by atoms with E-state index in [1.807, 2.05) is 6.07 Å². The number of rotatable bonds is 8. The van der Waals surface area contributed by atoms with Crippen LogP contribution >= 0.6 is 0 Å². The fourth-order valence-electron chi connectivity index (χ4n) is 2.99. The second-order valence-electron chi connectivity index (χ2n) is 6.29. The molecule has 0 saturated heterocycles. The van der Waals surface area contributed by atoms with Crippen molar-refractivity contribution in [3.63, 3.8) is 0 Å². The number of hydrogen-bond acceptors (Lipinski definition) is 2. The molecule has 1 unspecified atom stereocenters. The Balaban J connectivity index is 2.13. The maximum atomic E-state index is 13.4. The first-order valence-electron chi connectivity index (χ1n) is 7.80. The van der Waals surface area contributed by atoms with Gasteiger partial charge in [0.15, 0.2) is 0 Å². The molecule has 1 aliphatic rings. The molecule has 112 valence electrons. The molecule has 1 aromatic rings. The van der Waals surface area contributed by atoms with E-state index in [1.165, 1.54) is 31.7 Å². The molecular weight excluding hydrogens is 251 g/mol. The second kappa shape index (κ2) is 6.68. The van der Waals surface area contributed by atoms with Gasteiger partial charge in [-0.2, -0.15) is 0 Å². The van der Waals surface area contributed by atoms with Crippen LogP contribution in [-0.2, 0) is 6.42 Å². The predicted octanol–water partition coefficient (Wildman–Crippen LogP) is 3.35. The molecule has 20 heavy (non-hydrogen) atoms. The monoisotopic (exact) mass is 278 g/mol. The van der Waals surface area contributed by atoms with Crippen molar-refractivity contribution in [2.75, 3.05) is 13.1 Å². The Bertz CT molecular complexity index is 431. The Morgan fingerprint density at radius 2 is 2.15 bits per heavy atom. The van der Waals surface area contributed by atoms with Crippen molar-refractivity contribution in [2.24, 2.45) is 5.73 Å². The minimum atomic E-state index is -0.159. The SMILES string of the molecule is CCCCN(C1CC1)C(C)(CN)Cc1cccc(F)c1. The lowest BCUT2D eigenvalue weighted by Crippen LogP contribution is -2.54. The highest BCUT2D eigenvalue weighted by Gasteiger charge is 2.40. The summed E-state index contributed by atoms with van der Waals surface area (Å²) in [6, 6.07) is 7.61. The van der Waals surface area contributed by atoms with Crippen molar-refractivity contribution in [3.05, 3.63) is 35.6 Å². The van der Waals surface area contributed by atoms with E-state index in [1.54, 1.807) is 12.1 Å². The highest BCUT2D eigenvalue weighted by Crippen LogP contribution is 2.34. The van der Waals surface area contributed by atoms with E-state index in [0.717, 1.165) is 18.5 Å². The van der Waals surface area contributed by atoms with Crippen LogP contribution < -0.4 is 5.73 Å². The van der Waals surface area contributed by atoms with Crippen LogP contribution in [-0.4, -0.2) is 29.6 Å². The zero-order valence-corrected chi connectivity index (χ0v) is 12.7. The topological polar surface area (TPSA) is 29.3 Å².